The highest BCUT2D eigenvalue weighted by atomic mass is 35.5. The number of benzene rings is 1. The van der Waals surface area contributed by atoms with E-state index in [9.17, 15) is 36.7 Å². The van der Waals surface area contributed by atoms with E-state index in [4.69, 9.17) is 16.3 Å². The second-order valence-electron chi connectivity index (χ2n) is 7.65. The molecule has 0 aliphatic carbocycles. The van der Waals surface area contributed by atoms with Crippen molar-refractivity contribution in [2.45, 2.75) is 19.1 Å². The first kappa shape index (κ1) is 29.9. The fourth-order valence-corrected chi connectivity index (χ4v) is 4.20. The predicted molar refractivity (Wildman–Crippen MR) is 131 cm³/mol. The van der Waals surface area contributed by atoms with Crippen LogP contribution in [-0.2, 0) is 19.1 Å². The van der Waals surface area contributed by atoms with Crippen LogP contribution >= 0.6 is 22.9 Å². The van der Waals surface area contributed by atoms with Crippen LogP contribution in [0.15, 0.2) is 30.3 Å². The van der Waals surface area contributed by atoms with Crippen molar-refractivity contribution in [2.75, 3.05) is 43.1 Å². The number of morpholine rings is 1. The van der Waals surface area contributed by atoms with Crippen LogP contribution in [0.1, 0.15) is 9.67 Å². The van der Waals surface area contributed by atoms with Gasteiger partial charge >= 0.3 is 12.7 Å². The molecular formula is C22H21ClF4N4O7S. The summed E-state index contributed by atoms with van der Waals surface area (Å²) in [6.45, 7) is -4.94. The number of carbonyl (C=O) groups is 4. The molecule has 1 aliphatic rings. The highest BCUT2D eigenvalue weighted by Crippen LogP contribution is 2.32. The Labute approximate surface area is 227 Å². The van der Waals surface area contributed by atoms with Crippen LogP contribution in [0, 0.1) is 0 Å². The molecule has 2 aromatic rings. The van der Waals surface area contributed by atoms with Crippen molar-refractivity contribution >= 4 is 58.1 Å². The number of hydrogen-bond acceptors (Lipinski definition) is 8. The van der Waals surface area contributed by atoms with Gasteiger partial charge in [0.15, 0.2) is 12.4 Å². The van der Waals surface area contributed by atoms with Crippen LogP contribution < -0.4 is 25.6 Å². The molecule has 1 aliphatic heterocycles. The topological polar surface area (TPSA) is 135 Å². The van der Waals surface area contributed by atoms with Crippen LogP contribution in [0.25, 0.3) is 0 Å². The Balaban J connectivity index is 1.78. The van der Waals surface area contributed by atoms with Crippen LogP contribution in [-0.4, -0.2) is 75.8 Å². The first-order valence-electron chi connectivity index (χ1n) is 11.1. The third-order valence-electron chi connectivity index (χ3n) is 4.95. The Bertz CT molecular complexity index is 1200. The number of alkyl carbamates (subject to hydrolysis) is 1. The van der Waals surface area contributed by atoms with Gasteiger partial charge in [0.2, 0.25) is 5.91 Å². The fraction of sp³-hybridized carbons (Fsp3) is 0.364. The molecule has 4 amide bonds. The molecule has 3 rings (SSSR count). The third-order valence-corrected chi connectivity index (χ3v) is 6.18. The zero-order valence-corrected chi connectivity index (χ0v) is 21.3. The van der Waals surface area contributed by atoms with E-state index < -0.39 is 61.8 Å². The Morgan fingerprint density at radius 3 is 2.56 bits per heavy atom. The van der Waals surface area contributed by atoms with Gasteiger partial charge < -0.3 is 35.1 Å². The molecule has 1 fully saturated rings. The second kappa shape index (κ2) is 14.0. The van der Waals surface area contributed by atoms with Gasteiger partial charge in [0.05, 0.1) is 21.5 Å². The molecule has 2 heterocycles. The molecule has 0 bridgehead atoms. The average molecular weight is 597 g/mol. The lowest BCUT2D eigenvalue weighted by Crippen LogP contribution is -2.50. The van der Waals surface area contributed by atoms with Crippen molar-refractivity contribution in [1.82, 2.24) is 10.6 Å². The van der Waals surface area contributed by atoms with E-state index in [0.29, 0.717) is 4.34 Å². The zero-order valence-electron chi connectivity index (χ0n) is 19.8. The number of halogens is 5. The van der Waals surface area contributed by atoms with E-state index in [-0.39, 0.29) is 36.0 Å². The van der Waals surface area contributed by atoms with Gasteiger partial charge in [-0.25, -0.2) is 13.6 Å². The summed E-state index contributed by atoms with van der Waals surface area (Å²) >= 11 is 6.74. The number of carbonyl (C=O) groups excluding carboxylic acids is 4. The van der Waals surface area contributed by atoms with Gasteiger partial charge in [-0.15, -0.1) is 11.3 Å². The van der Waals surface area contributed by atoms with Crippen molar-refractivity contribution in [3.05, 3.63) is 39.5 Å². The molecule has 212 valence electrons. The van der Waals surface area contributed by atoms with Gasteiger partial charge in [-0.05, 0) is 24.3 Å². The van der Waals surface area contributed by atoms with E-state index in [2.05, 4.69) is 20.1 Å². The summed E-state index contributed by atoms with van der Waals surface area (Å²) in [5, 5.41) is 6.69. The lowest BCUT2D eigenvalue weighted by Gasteiger charge is -2.27. The number of rotatable bonds is 11. The largest absolute Gasteiger partial charge is 0.443 e. The Hall–Kier alpha value is -3.63. The quantitative estimate of drug-likeness (QED) is 0.339. The number of alkyl halides is 4. The third kappa shape index (κ3) is 8.97. The van der Waals surface area contributed by atoms with Crippen molar-refractivity contribution in [3.63, 3.8) is 0 Å². The summed E-state index contributed by atoms with van der Waals surface area (Å²) in [5.41, 5.74) is -0.0713. The molecule has 39 heavy (non-hydrogen) atoms. The number of nitrogens with one attached hydrogen (secondary N) is 3. The van der Waals surface area contributed by atoms with Crippen molar-refractivity contribution in [2.24, 2.45) is 0 Å². The maximum absolute atomic E-state index is 13.1. The normalized spacial score (nSPS) is 14.2. The Morgan fingerprint density at radius 1 is 1.15 bits per heavy atom. The average Bonchev–Trinajstić information content (AvgIpc) is 3.32. The molecule has 11 nitrogen and oxygen atoms in total. The van der Waals surface area contributed by atoms with Gasteiger partial charge in [-0.3, -0.25) is 14.4 Å². The fourth-order valence-electron chi connectivity index (χ4n) is 3.24. The van der Waals surface area contributed by atoms with E-state index in [1.165, 1.54) is 29.2 Å². The maximum atomic E-state index is 13.1. The number of thiophene rings is 1. The predicted octanol–water partition coefficient (Wildman–Crippen LogP) is 3.09. The number of anilines is 2. The standard InChI is InChI=1S/C22H21ClF4N4O7S/c23-16-4-3-15(39-16)20(34)28-8-13(30-22(35)37-9-17(24)25)19(33)29-12-2-1-11(7-14(12)38-21(26)27)31-5-6-36-10-18(31)32/h1-4,7,13,17,21H,5-6,8-10H2,(H,28,34)(H,29,33)(H,30,35)/t13-/m0/s1. The van der Waals surface area contributed by atoms with E-state index >= 15 is 0 Å². The number of amides is 4. The highest BCUT2D eigenvalue weighted by molar-refractivity contribution is 7.18. The van der Waals surface area contributed by atoms with Gasteiger partial charge in [-0.2, -0.15) is 8.78 Å². The van der Waals surface area contributed by atoms with Crippen molar-refractivity contribution < 1.29 is 51.0 Å². The van der Waals surface area contributed by atoms with E-state index in [1.807, 2.05) is 5.32 Å². The van der Waals surface area contributed by atoms with Crippen molar-refractivity contribution in [3.8, 4) is 5.75 Å². The minimum Gasteiger partial charge on any atom is -0.443 e. The van der Waals surface area contributed by atoms with Gasteiger partial charge in [0.1, 0.15) is 12.6 Å². The maximum Gasteiger partial charge on any atom is 0.408 e. The summed E-state index contributed by atoms with van der Waals surface area (Å²) in [6, 6.07) is 4.92. The first-order chi connectivity index (χ1) is 18.5. The molecule has 17 heteroatoms. The molecule has 3 N–H and O–H groups in total. The number of nitrogens with zero attached hydrogens (tertiary/aromatic N) is 1. The molecule has 0 saturated carbocycles. The van der Waals surface area contributed by atoms with E-state index in [0.717, 1.165) is 17.4 Å². The molecule has 1 aromatic carbocycles. The Kier molecular flexibility index (Phi) is 10.7. The minimum absolute atomic E-state index is 0.153. The number of ether oxygens (including phenoxy) is 3. The first-order valence-corrected chi connectivity index (χ1v) is 12.3. The summed E-state index contributed by atoms with van der Waals surface area (Å²) in [5.74, 6) is -2.63. The summed E-state index contributed by atoms with van der Waals surface area (Å²) in [4.78, 5) is 50.9. The Morgan fingerprint density at radius 2 is 1.92 bits per heavy atom. The molecule has 0 spiro atoms. The van der Waals surface area contributed by atoms with Crippen LogP contribution in [0.5, 0.6) is 5.75 Å². The number of hydrogen-bond donors (Lipinski definition) is 3. The molecule has 0 unspecified atom stereocenters. The highest BCUT2D eigenvalue weighted by Gasteiger charge is 2.26. The zero-order chi connectivity index (χ0) is 28.5. The summed E-state index contributed by atoms with van der Waals surface area (Å²) in [7, 11) is 0. The summed E-state index contributed by atoms with van der Waals surface area (Å²) in [6.07, 6.45) is -4.37. The van der Waals surface area contributed by atoms with Gasteiger partial charge in [0.25, 0.3) is 18.2 Å². The van der Waals surface area contributed by atoms with Gasteiger partial charge in [-0.1, -0.05) is 11.6 Å². The van der Waals surface area contributed by atoms with Crippen molar-refractivity contribution in [1.29, 1.82) is 0 Å². The smallest absolute Gasteiger partial charge is 0.408 e. The molecule has 0 radical (unpaired) electrons. The second-order valence-corrected chi connectivity index (χ2v) is 9.36. The SMILES string of the molecule is O=C(N[C@@H](CNC(=O)c1ccc(Cl)s1)C(=O)Nc1ccc(N2CCOCC2=O)cc1OC(F)F)OCC(F)F. The molecular weight excluding hydrogens is 576 g/mol. The van der Waals surface area contributed by atoms with E-state index in [1.54, 1.807) is 0 Å². The lowest BCUT2D eigenvalue weighted by molar-refractivity contribution is -0.125. The van der Waals surface area contributed by atoms with Gasteiger partial charge in [0, 0.05) is 24.8 Å². The molecule has 1 aromatic heterocycles. The van der Waals surface area contributed by atoms with Crippen LogP contribution in [0.4, 0.5) is 33.7 Å². The van der Waals surface area contributed by atoms with Crippen LogP contribution in [0.2, 0.25) is 4.34 Å². The van der Waals surface area contributed by atoms with Crippen LogP contribution in [0.3, 0.4) is 0 Å². The summed E-state index contributed by atoms with van der Waals surface area (Å²) < 4.78 is 65.2. The monoisotopic (exact) mass is 596 g/mol. The molecule has 1 atom stereocenters. The molecule has 1 saturated heterocycles. The lowest BCUT2D eigenvalue weighted by atomic mass is 10.2. The minimum atomic E-state index is -3.30.